The van der Waals surface area contributed by atoms with Gasteiger partial charge in [0.1, 0.15) is 12.2 Å². The SMILES string of the molecule is CNCCCCCOP(=O)(O)OC[C@H]1OCC[C@H]1OP(=O)(O)OC. The van der Waals surface area contributed by atoms with Crippen LogP contribution in [0.25, 0.3) is 0 Å². The van der Waals surface area contributed by atoms with Gasteiger partial charge in [-0.15, -0.1) is 0 Å². The van der Waals surface area contributed by atoms with E-state index in [1.807, 2.05) is 7.05 Å². The molecule has 0 aromatic heterocycles. The highest BCUT2D eigenvalue weighted by Crippen LogP contribution is 2.47. The molecule has 1 fully saturated rings. The van der Waals surface area contributed by atoms with E-state index >= 15 is 0 Å². The van der Waals surface area contributed by atoms with Gasteiger partial charge in [0.05, 0.1) is 13.2 Å². The lowest BCUT2D eigenvalue weighted by molar-refractivity contribution is -0.00151. The summed E-state index contributed by atoms with van der Waals surface area (Å²) in [6.45, 7) is 0.981. The van der Waals surface area contributed by atoms with Gasteiger partial charge >= 0.3 is 15.6 Å². The van der Waals surface area contributed by atoms with Crippen molar-refractivity contribution in [3.63, 3.8) is 0 Å². The van der Waals surface area contributed by atoms with Gasteiger partial charge in [-0.25, -0.2) is 9.13 Å². The summed E-state index contributed by atoms with van der Waals surface area (Å²) < 4.78 is 47.5. The van der Waals surface area contributed by atoms with E-state index in [9.17, 15) is 18.9 Å². The lowest BCUT2D eigenvalue weighted by Crippen LogP contribution is -2.28. The first-order chi connectivity index (χ1) is 11.3. The molecule has 0 aromatic rings. The summed E-state index contributed by atoms with van der Waals surface area (Å²) in [6, 6.07) is 0. The van der Waals surface area contributed by atoms with Gasteiger partial charge in [-0.1, -0.05) is 0 Å². The van der Waals surface area contributed by atoms with E-state index < -0.39 is 27.9 Å². The van der Waals surface area contributed by atoms with E-state index in [2.05, 4.69) is 9.84 Å². The van der Waals surface area contributed by atoms with Crippen molar-refractivity contribution in [1.82, 2.24) is 5.32 Å². The predicted molar refractivity (Wildman–Crippen MR) is 85.6 cm³/mol. The second-order valence-electron chi connectivity index (χ2n) is 5.25. The first kappa shape index (κ1) is 22.2. The second kappa shape index (κ2) is 11.0. The summed E-state index contributed by atoms with van der Waals surface area (Å²) in [5.41, 5.74) is 0. The van der Waals surface area contributed by atoms with Crippen molar-refractivity contribution in [3.05, 3.63) is 0 Å². The smallest absolute Gasteiger partial charge is 0.373 e. The van der Waals surface area contributed by atoms with Crippen molar-refractivity contribution in [2.45, 2.75) is 37.9 Å². The molecule has 1 saturated heterocycles. The Kier molecular flexibility index (Phi) is 10.1. The van der Waals surface area contributed by atoms with Gasteiger partial charge in [0.2, 0.25) is 0 Å². The minimum absolute atomic E-state index is 0.110. The fourth-order valence-electron chi connectivity index (χ4n) is 2.08. The molecule has 0 aromatic carbocycles. The fraction of sp³-hybridized carbons (Fsp3) is 1.00. The Morgan fingerprint density at radius 3 is 2.58 bits per heavy atom. The lowest BCUT2D eigenvalue weighted by atomic mass is 10.2. The maximum absolute atomic E-state index is 11.8. The Morgan fingerprint density at radius 1 is 1.17 bits per heavy atom. The molecule has 12 heteroatoms. The molecule has 0 radical (unpaired) electrons. The Balaban J connectivity index is 2.29. The van der Waals surface area contributed by atoms with Crippen LogP contribution in [0.2, 0.25) is 0 Å². The monoisotopic (exact) mass is 391 g/mol. The quantitative estimate of drug-likeness (QED) is 0.313. The molecule has 1 rings (SSSR count). The molecular formula is C12H27NO9P2. The van der Waals surface area contributed by atoms with Crippen LogP contribution in [0.3, 0.4) is 0 Å². The van der Waals surface area contributed by atoms with Crippen molar-refractivity contribution in [2.24, 2.45) is 0 Å². The summed E-state index contributed by atoms with van der Waals surface area (Å²) >= 11 is 0. The lowest BCUT2D eigenvalue weighted by Gasteiger charge is -2.21. The summed E-state index contributed by atoms with van der Waals surface area (Å²) in [5, 5.41) is 3.01. The van der Waals surface area contributed by atoms with Crippen molar-refractivity contribution in [2.75, 3.05) is 40.5 Å². The highest BCUT2D eigenvalue weighted by molar-refractivity contribution is 7.47. The van der Waals surface area contributed by atoms with Crippen LogP contribution in [0.15, 0.2) is 0 Å². The van der Waals surface area contributed by atoms with Crippen LogP contribution in [0.4, 0.5) is 0 Å². The standard InChI is InChI=1S/C12H27NO9P2/c1-13-7-4-3-5-8-20-24(16,17)21-10-12-11(6-9-19-12)22-23(14,15)18-2/h11-13H,3-10H2,1-2H3,(H,14,15)(H,16,17)/t11-,12-/m1/s1. The van der Waals surface area contributed by atoms with E-state index in [0.29, 0.717) is 12.8 Å². The molecule has 10 nitrogen and oxygen atoms in total. The third kappa shape index (κ3) is 9.01. The molecule has 4 atom stereocenters. The van der Waals surface area contributed by atoms with E-state index in [1.54, 1.807) is 0 Å². The molecule has 0 aliphatic carbocycles. The Bertz CT molecular complexity index is 450. The average Bonchev–Trinajstić information content (AvgIpc) is 2.95. The number of rotatable bonds is 13. The summed E-state index contributed by atoms with van der Waals surface area (Å²) in [6.07, 6.45) is 1.30. The van der Waals surface area contributed by atoms with Crippen LogP contribution in [0, 0.1) is 0 Å². The molecule has 0 amide bonds. The number of phosphoric ester groups is 2. The van der Waals surface area contributed by atoms with Gasteiger partial charge < -0.3 is 19.8 Å². The van der Waals surface area contributed by atoms with E-state index in [1.165, 1.54) is 0 Å². The number of hydrogen-bond donors (Lipinski definition) is 3. The number of hydrogen-bond acceptors (Lipinski definition) is 8. The van der Waals surface area contributed by atoms with Crippen LogP contribution >= 0.6 is 15.6 Å². The predicted octanol–water partition coefficient (Wildman–Crippen LogP) is 1.43. The summed E-state index contributed by atoms with van der Waals surface area (Å²) in [5.74, 6) is 0. The van der Waals surface area contributed by atoms with Gasteiger partial charge in [0, 0.05) is 20.1 Å². The third-order valence-electron chi connectivity index (χ3n) is 3.38. The van der Waals surface area contributed by atoms with Crippen molar-refractivity contribution < 1.29 is 41.7 Å². The molecule has 144 valence electrons. The molecule has 1 heterocycles. The van der Waals surface area contributed by atoms with Crippen LogP contribution in [0.1, 0.15) is 25.7 Å². The zero-order valence-electron chi connectivity index (χ0n) is 14.0. The normalized spacial score (nSPS) is 26.2. The Hall–Kier alpha value is 0.140. The topological polar surface area (TPSA) is 133 Å². The number of phosphoric acid groups is 2. The van der Waals surface area contributed by atoms with Crippen LogP contribution in [-0.4, -0.2) is 62.5 Å². The van der Waals surface area contributed by atoms with Gasteiger partial charge in [0.25, 0.3) is 0 Å². The van der Waals surface area contributed by atoms with Gasteiger partial charge in [-0.05, 0) is 32.9 Å². The number of unbranched alkanes of at least 4 members (excludes halogenated alkanes) is 2. The van der Waals surface area contributed by atoms with Gasteiger partial charge in [-0.2, -0.15) is 0 Å². The fourth-order valence-corrected chi connectivity index (χ4v) is 3.52. The van der Waals surface area contributed by atoms with E-state index in [0.717, 1.165) is 26.5 Å². The van der Waals surface area contributed by atoms with Gasteiger partial charge in [0.15, 0.2) is 0 Å². The number of nitrogens with one attached hydrogen (secondary N) is 1. The zero-order chi connectivity index (χ0) is 18.1. The summed E-state index contributed by atoms with van der Waals surface area (Å²) in [4.78, 5) is 18.9. The molecular weight excluding hydrogens is 364 g/mol. The highest BCUT2D eigenvalue weighted by atomic mass is 31.2. The van der Waals surface area contributed by atoms with E-state index in [-0.39, 0.29) is 19.8 Å². The molecule has 2 unspecified atom stereocenters. The first-order valence-electron chi connectivity index (χ1n) is 7.74. The molecule has 24 heavy (non-hydrogen) atoms. The molecule has 0 saturated carbocycles. The van der Waals surface area contributed by atoms with Crippen LogP contribution in [-0.2, 0) is 32.0 Å². The van der Waals surface area contributed by atoms with Crippen molar-refractivity contribution in [1.29, 1.82) is 0 Å². The minimum Gasteiger partial charge on any atom is -0.373 e. The molecule has 0 bridgehead atoms. The maximum Gasteiger partial charge on any atom is 0.472 e. The first-order valence-corrected chi connectivity index (χ1v) is 10.7. The molecule has 1 aliphatic heterocycles. The zero-order valence-corrected chi connectivity index (χ0v) is 15.7. The molecule has 1 aliphatic rings. The Labute approximate surface area is 142 Å². The maximum atomic E-state index is 11.8. The molecule has 0 spiro atoms. The van der Waals surface area contributed by atoms with Crippen molar-refractivity contribution in [3.8, 4) is 0 Å². The number of ether oxygens (including phenoxy) is 1. The average molecular weight is 391 g/mol. The van der Waals surface area contributed by atoms with Gasteiger partial charge in [-0.3, -0.25) is 18.1 Å². The third-order valence-corrected chi connectivity index (χ3v) is 5.36. The van der Waals surface area contributed by atoms with E-state index in [4.69, 9.17) is 18.3 Å². The highest BCUT2D eigenvalue weighted by Gasteiger charge is 2.37. The van der Waals surface area contributed by atoms with Crippen LogP contribution < -0.4 is 5.32 Å². The molecule has 3 N–H and O–H groups in total. The summed E-state index contributed by atoms with van der Waals surface area (Å²) in [7, 11) is -5.45. The van der Waals surface area contributed by atoms with Crippen LogP contribution in [0.5, 0.6) is 0 Å². The Morgan fingerprint density at radius 2 is 1.92 bits per heavy atom. The minimum atomic E-state index is -4.20. The second-order valence-corrected chi connectivity index (χ2v) is 8.22. The largest absolute Gasteiger partial charge is 0.472 e. The van der Waals surface area contributed by atoms with Crippen molar-refractivity contribution >= 4 is 15.6 Å².